The summed E-state index contributed by atoms with van der Waals surface area (Å²) < 4.78 is 0. The third kappa shape index (κ3) is 2.89. The molecule has 0 bridgehead atoms. The van der Waals surface area contributed by atoms with Gasteiger partial charge in [0, 0.05) is 11.2 Å². The van der Waals surface area contributed by atoms with Crippen molar-refractivity contribution in [3.05, 3.63) is 59.4 Å². The molecule has 0 saturated carbocycles. The minimum Gasteiger partial charge on any atom is -0.255 e. The molecule has 1 aromatic carbocycles. The molecule has 0 aliphatic heterocycles. The van der Waals surface area contributed by atoms with E-state index in [4.69, 9.17) is 11.6 Å². The van der Waals surface area contributed by atoms with E-state index in [1.165, 1.54) is 0 Å². The number of aromatic nitrogens is 1. The van der Waals surface area contributed by atoms with Gasteiger partial charge in [0.05, 0.1) is 17.6 Å². The molecule has 0 atom stereocenters. The summed E-state index contributed by atoms with van der Waals surface area (Å²) in [5.74, 6) is 0. The number of rotatable bonds is 2. The first-order valence-corrected chi connectivity index (χ1v) is 4.93. The van der Waals surface area contributed by atoms with E-state index in [9.17, 15) is 0 Å². The van der Waals surface area contributed by atoms with Crippen molar-refractivity contribution in [2.45, 2.75) is 0 Å². The second-order valence-corrected chi connectivity index (χ2v) is 3.43. The maximum atomic E-state index is 5.82. The summed E-state index contributed by atoms with van der Waals surface area (Å²) in [6.07, 6.45) is 3.36. The number of benzene rings is 1. The predicted molar refractivity (Wildman–Crippen MR) is 62.9 cm³/mol. The molecule has 0 aliphatic carbocycles. The quantitative estimate of drug-likeness (QED) is 0.706. The Kier molecular flexibility index (Phi) is 3.10. The summed E-state index contributed by atoms with van der Waals surface area (Å²) in [6, 6.07) is 13.2. The second kappa shape index (κ2) is 4.71. The van der Waals surface area contributed by atoms with Crippen molar-refractivity contribution in [3.63, 3.8) is 0 Å². The lowest BCUT2D eigenvalue weighted by Gasteiger charge is -1.93. The summed E-state index contributed by atoms with van der Waals surface area (Å²) in [6.45, 7) is 0. The molecule has 0 aliphatic rings. The van der Waals surface area contributed by atoms with Gasteiger partial charge in [-0.15, -0.1) is 0 Å². The van der Waals surface area contributed by atoms with E-state index in [-0.39, 0.29) is 0 Å². The molecular weight excluding hydrogens is 208 g/mol. The number of hydrogen-bond acceptors (Lipinski definition) is 2. The zero-order valence-corrected chi connectivity index (χ0v) is 8.72. The van der Waals surface area contributed by atoms with E-state index in [1.54, 1.807) is 24.5 Å². The molecule has 74 valence electrons. The SMILES string of the molecule is Clc1ccnc(C=Nc2ccccc2)c1. The van der Waals surface area contributed by atoms with Crippen molar-refractivity contribution in [1.82, 2.24) is 4.98 Å². The molecule has 0 fully saturated rings. The van der Waals surface area contributed by atoms with Gasteiger partial charge in [0.1, 0.15) is 0 Å². The van der Waals surface area contributed by atoms with Crippen molar-refractivity contribution >= 4 is 23.5 Å². The van der Waals surface area contributed by atoms with Crippen LogP contribution >= 0.6 is 11.6 Å². The van der Waals surface area contributed by atoms with Crippen molar-refractivity contribution in [1.29, 1.82) is 0 Å². The van der Waals surface area contributed by atoms with Crippen molar-refractivity contribution in [3.8, 4) is 0 Å². The Morgan fingerprint density at radius 3 is 2.67 bits per heavy atom. The van der Waals surface area contributed by atoms with Crippen molar-refractivity contribution in [2.24, 2.45) is 4.99 Å². The van der Waals surface area contributed by atoms with Gasteiger partial charge in [0.15, 0.2) is 0 Å². The van der Waals surface area contributed by atoms with Crippen LogP contribution in [0.5, 0.6) is 0 Å². The fraction of sp³-hybridized carbons (Fsp3) is 0. The van der Waals surface area contributed by atoms with Crippen LogP contribution in [0.4, 0.5) is 5.69 Å². The molecular formula is C12H9ClN2. The molecule has 2 aromatic rings. The molecule has 0 amide bonds. The molecule has 15 heavy (non-hydrogen) atoms. The fourth-order valence-corrected chi connectivity index (χ4v) is 1.31. The van der Waals surface area contributed by atoms with Crippen molar-refractivity contribution in [2.75, 3.05) is 0 Å². The standard InChI is InChI=1S/C12H9ClN2/c13-10-6-7-14-12(8-10)9-15-11-4-2-1-3-5-11/h1-9H. The Hall–Kier alpha value is -1.67. The Morgan fingerprint density at radius 2 is 1.93 bits per heavy atom. The highest BCUT2D eigenvalue weighted by Gasteiger charge is 1.91. The van der Waals surface area contributed by atoms with Crippen LogP contribution < -0.4 is 0 Å². The van der Waals surface area contributed by atoms with Crippen LogP contribution in [-0.4, -0.2) is 11.2 Å². The minimum absolute atomic E-state index is 0.666. The molecule has 2 rings (SSSR count). The monoisotopic (exact) mass is 216 g/mol. The lowest BCUT2D eigenvalue weighted by molar-refractivity contribution is 1.30. The van der Waals surface area contributed by atoms with Crippen LogP contribution in [0.2, 0.25) is 5.02 Å². The number of pyridine rings is 1. The van der Waals surface area contributed by atoms with Crippen LogP contribution in [0, 0.1) is 0 Å². The van der Waals surface area contributed by atoms with E-state index >= 15 is 0 Å². The third-order valence-electron chi connectivity index (χ3n) is 1.85. The van der Waals surface area contributed by atoms with Crippen LogP contribution in [0.25, 0.3) is 0 Å². The largest absolute Gasteiger partial charge is 0.255 e. The van der Waals surface area contributed by atoms with E-state index in [2.05, 4.69) is 9.98 Å². The van der Waals surface area contributed by atoms with Crippen molar-refractivity contribution < 1.29 is 0 Å². The molecule has 3 heteroatoms. The van der Waals surface area contributed by atoms with Gasteiger partial charge < -0.3 is 0 Å². The molecule has 0 radical (unpaired) electrons. The second-order valence-electron chi connectivity index (χ2n) is 2.99. The van der Waals surface area contributed by atoms with Gasteiger partial charge >= 0.3 is 0 Å². The maximum Gasteiger partial charge on any atom is 0.0827 e. The lowest BCUT2D eigenvalue weighted by atomic mass is 10.3. The molecule has 0 unspecified atom stereocenters. The number of hydrogen-bond donors (Lipinski definition) is 0. The molecule has 0 spiro atoms. The normalized spacial score (nSPS) is 10.7. The third-order valence-corrected chi connectivity index (χ3v) is 2.08. The van der Waals surface area contributed by atoms with Gasteiger partial charge in [-0.2, -0.15) is 0 Å². The first kappa shape index (κ1) is 9.87. The zero-order chi connectivity index (χ0) is 10.5. The summed E-state index contributed by atoms with van der Waals surface area (Å²) in [4.78, 5) is 8.39. The first-order chi connectivity index (χ1) is 7.34. The highest BCUT2D eigenvalue weighted by Crippen LogP contribution is 2.10. The van der Waals surface area contributed by atoms with Gasteiger partial charge in [-0.05, 0) is 24.3 Å². The Balaban J connectivity index is 2.19. The molecule has 0 saturated heterocycles. The Morgan fingerprint density at radius 1 is 1.13 bits per heavy atom. The summed E-state index contributed by atoms with van der Waals surface area (Å²) in [7, 11) is 0. The highest BCUT2D eigenvalue weighted by molar-refractivity contribution is 6.30. The van der Waals surface area contributed by atoms with Gasteiger partial charge in [-0.3, -0.25) is 9.98 Å². The first-order valence-electron chi connectivity index (χ1n) is 4.55. The van der Waals surface area contributed by atoms with Gasteiger partial charge in [0.2, 0.25) is 0 Å². The number of nitrogens with zero attached hydrogens (tertiary/aromatic N) is 2. The van der Waals surface area contributed by atoms with E-state index in [0.29, 0.717) is 5.02 Å². The van der Waals surface area contributed by atoms with Gasteiger partial charge in [-0.25, -0.2) is 0 Å². The zero-order valence-electron chi connectivity index (χ0n) is 7.97. The lowest BCUT2D eigenvalue weighted by Crippen LogP contribution is -1.84. The highest BCUT2D eigenvalue weighted by atomic mass is 35.5. The average Bonchev–Trinajstić information content (AvgIpc) is 2.28. The smallest absolute Gasteiger partial charge is 0.0827 e. The summed E-state index contributed by atoms with van der Waals surface area (Å²) in [5, 5.41) is 0.666. The Bertz CT molecular complexity index is 466. The van der Waals surface area contributed by atoms with E-state index < -0.39 is 0 Å². The predicted octanol–water partition coefficient (Wildman–Crippen LogP) is 3.49. The van der Waals surface area contributed by atoms with Crippen LogP contribution in [0.15, 0.2) is 53.7 Å². The molecule has 1 heterocycles. The van der Waals surface area contributed by atoms with Crippen LogP contribution in [-0.2, 0) is 0 Å². The number of halogens is 1. The minimum atomic E-state index is 0.666. The topological polar surface area (TPSA) is 25.2 Å². The average molecular weight is 217 g/mol. The van der Waals surface area contributed by atoms with E-state index in [0.717, 1.165) is 11.4 Å². The van der Waals surface area contributed by atoms with E-state index in [1.807, 2.05) is 30.3 Å². The van der Waals surface area contributed by atoms with Crippen LogP contribution in [0.3, 0.4) is 0 Å². The van der Waals surface area contributed by atoms with Gasteiger partial charge in [0.25, 0.3) is 0 Å². The van der Waals surface area contributed by atoms with Gasteiger partial charge in [-0.1, -0.05) is 29.8 Å². The summed E-state index contributed by atoms with van der Waals surface area (Å²) >= 11 is 5.82. The number of para-hydroxylation sites is 1. The molecule has 2 nitrogen and oxygen atoms in total. The molecule has 1 aromatic heterocycles. The Labute approximate surface area is 93.3 Å². The number of aliphatic imine (C=N–C) groups is 1. The summed E-state index contributed by atoms with van der Waals surface area (Å²) in [5.41, 5.74) is 1.66. The fourth-order valence-electron chi connectivity index (χ4n) is 1.15. The van der Waals surface area contributed by atoms with Crippen LogP contribution in [0.1, 0.15) is 5.69 Å². The maximum absolute atomic E-state index is 5.82. The molecule has 0 N–H and O–H groups in total.